The third kappa shape index (κ3) is 2.45. The topological polar surface area (TPSA) is 53.1 Å². The molecule has 1 heterocycles. The number of H-pyrrole nitrogens is 1. The van der Waals surface area contributed by atoms with Crippen LogP contribution in [-0.4, -0.2) is 16.1 Å². The summed E-state index contributed by atoms with van der Waals surface area (Å²) in [7, 11) is 0. The Bertz CT molecular complexity index is 655. The lowest BCUT2D eigenvalue weighted by Gasteiger charge is -2.07. The molecule has 3 heteroatoms. The van der Waals surface area contributed by atoms with Gasteiger partial charge in [0, 0.05) is 23.0 Å². The van der Waals surface area contributed by atoms with E-state index >= 15 is 0 Å². The maximum Gasteiger partial charge on any atom is 0.303 e. The van der Waals surface area contributed by atoms with Gasteiger partial charge < -0.3 is 10.1 Å². The van der Waals surface area contributed by atoms with E-state index in [1.165, 1.54) is 53.3 Å². The summed E-state index contributed by atoms with van der Waals surface area (Å²) in [6, 6.07) is 4.59. The average molecular weight is 271 g/mol. The van der Waals surface area contributed by atoms with E-state index in [0.29, 0.717) is 6.42 Å². The van der Waals surface area contributed by atoms with Gasteiger partial charge in [-0.15, -0.1) is 0 Å². The zero-order valence-corrected chi connectivity index (χ0v) is 12.0. The van der Waals surface area contributed by atoms with E-state index in [1.807, 2.05) is 6.92 Å². The van der Waals surface area contributed by atoms with Gasteiger partial charge in [0.15, 0.2) is 0 Å². The molecule has 106 valence electrons. The number of carboxylic acids is 1. The highest BCUT2D eigenvalue weighted by Crippen LogP contribution is 2.30. The smallest absolute Gasteiger partial charge is 0.303 e. The van der Waals surface area contributed by atoms with E-state index < -0.39 is 5.97 Å². The maximum absolute atomic E-state index is 10.8. The van der Waals surface area contributed by atoms with Crippen LogP contribution in [0.2, 0.25) is 0 Å². The number of carboxylic acid groups (broad SMARTS) is 1. The number of hydrogen-bond donors (Lipinski definition) is 2. The summed E-state index contributed by atoms with van der Waals surface area (Å²) in [5.74, 6) is -0.728. The zero-order chi connectivity index (χ0) is 14.1. The first-order valence-electron chi connectivity index (χ1n) is 7.50. The van der Waals surface area contributed by atoms with Gasteiger partial charge in [-0.2, -0.15) is 0 Å². The van der Waals surface area contributed by atoms with Crippen LogP contribution in [0.3, 0.4) is 0 Å². The third-order valence-corrected chi connectivity index (χ3v) is 4.42. The highest BCUT2D eigenvalue weighted by atomic mass is 16.4. The lowest BCUT2D eigenvalue weighted by molar-refractivity contribution is -0.136. The molecular weight excluding hydrogens is 250 g/mol. The fraction of sp³-hybridized carbons (Fsp3) is 0.471. The predicted octanol–water partition coefficient (Wildman–Crippen LogP) is 3.76. The molecule has 0 aliphatic heterocycles. The molecule has 0 unspecified atom stereocenters. The number of hydrogen-bond acceptors (Lipinski definition) is 1. The second-order valence-electron chi connectivity index (χ2n) is 5.85. The normalized spacial score (nSPS) is 15.1. The van der Waals surface area contributed by atoms with E-state index in [9.17, 15) is 4.79 Å². The first kappa shape index (κ1) is 13.2. The number of aromatic nitrogens is 1. The summed E-state index contributed by atoms with van der Waals surface area (Å²) in [6.45, 7) is 2.04. The molecule has 0 saturated heterocycles. The highest BCUT2D eigenvalue weighted by Gasteiger charge is 2.14. The van der Waals surface area contributed by atoms with Gasteiger partial charge in [0.25, 0.3) is 0 Å². The molecule has 0 atom stereocenters. The molecule has 1 aliphatic rings. The number of aryl methyl sites for hydroxylation is 4. The largest absolute Gasteiger partial charge is 0.481 e. The fourth-order valence-corrected chi connectivity index (χ4v) is 3.35. The minimum atomic E-state index is -0.728. The summed E-state index contributed by atoms with van der Waals surface area (Å²) >= 11 is 0. The first-order valence-corrected chi connectivity index (χ1v) is 7.50. The van der Waals surface area contributed by atoms with Crippen molar-refractivity contribution in [1.82, 2.24) is 4.98 Å². The molecule has 2 aromatic rings. The second kappa shape index (κ2) is 5.31. The SMILES string of the molecule is Cc1[nH]c2cc3c(cc2c1CCC(=O)O)CCCCC3. The van der Waals surface area contributed by atoms with Crippen molar-refractivity contribution in [2.75, 3.05) is 0 Å². The summed E-state index contributed by atoms with van der Waals surface area (Å²) < 4.78 is 0. The van der Waals surface area contributed by atoms with E-state index in [2.05, 4.69) is 17.1 Å². The summed E-state index contributed by atoms with van der Waals surface area (Å²) in [4.78, 5) is 14.2. The van der Waals surface area contributed by atoms with Crippen molar-refractivity contribution in [3.63, 3.8) is 0 Å². The van der Waals surface area contributed by atoms with Crippen molar-refractivity contribution in [2.24, 2.45) is 0 Å². The van der Waals surface area contributed by atoms with Gasteiger partial charge in [0.05, 0.1) is 0 Å². The zero-order valence-electron chi connectivity index (χ0n) is 12.0. The number of aromatic amines is 1. The molecule has 1 aliphatic carbocycles. The minimum absolute atomic E-state index is 0.199. The lowest BCUT2D eigenvalue weighted by atomic mass is 9.98. The van der Waals surface area contributed by atoms with Crippen LogP contribution in [0.5, 0.6) is 0 Å². The molecule has 0 amide bonds. The van der Waals surface area contributed by atoms with Crippen LogP contribution in [0, 0.1) is 6.92 Å². The number of aliphatic carboxylic acids is 1. The summed E-state index contributed by atoms with van der Waals surface area (Å²) in [5.41, 5.74) is 6.39. The van der Waals surface area contributed by atoms with Crippen LogP contribution in [0.1, 0.15) is 48.1 Å². The van der Waals surface area contributed by atoms with Crippen molar-refractivity contribution < 1.29 is 9.90 Å². The summed E-state index contributed by atoms with van der Waals surface area (Å²) in [6.07, 6.45) is 7.01. The Kier molecular flexibility index (Phi) is 3.51. The first-order chi connectivity index (χ1) is 9.65. The Labute approximate surface area is 119 Å². The van der Waals surface area contributed by atoms with Crippen LogP contribution in [-0.2, 0) is 24.1 Å². The van der Waals surface area contributed by atoms with Gasteiger partial charge in [0.1, 0.15) is 0 Å². The monoisotopic (exact) mass is 271 g/mol. The molecule has 1 aromatic heterocycles. The number of fused-ring (bicyclic) bond motifs is 2. The van der Waals surface area contributed by atoms with Crippen LogP contribution in [0.15, 0.2) is 12.1 Å². The molecule has 1 aromatic carbocycles. The van der Waals surface area contributed by atoms with Crippen LogP contribution in [0.4, 0.5) is 0 Å². The van der Waals surface area contributed by atoms with Gasteiger partial charge >= 0.3 is 5.97 Å². The van der Waals surface area contributed by atoms with Gasteiger partial charge in [-0.3, -0.25) is 4.79 Å². The van der Waals surface area contributed by atoms with Crippen LogP contribution < -0.4 is 0 Å². The van der Waals surface area contributed by atoms with Crippen LogP contribution >= 0.6 is 0 Å². The van der Waals surface area contributed by atoms with Gasteiger partial charge in [-0.05, 0) is 67.9 Å². The summed E-state index contributed by atoms with van der Waals surface area (Å²) in [5, 5.41) is 10.1. The molecular formula is C17H21NO2. The number of rotatable bonds is 3. The number of benzene rings is 1. The third-order valence-electron chi connectivity index (χ3n) is 4.42. The van der Waals surface area contributed by atoms with Crippen molar-refractivity contribution >= 4 is 16.9 Å². The van der Waals surface area contributed by atoms with Crippen molar-refractivity contribution in [1.29, 1.82) is 0 Å². The molecule has 2 N–H and O–H groups in total. The maximum atomic E-state index is 10.8. The fourth-order valence-electron chi connectivity index (χ4n) is 3.35. The van der Waals surface area contributed by atoms with Gasteiger partial charge in [-0.25, -0.2) is 0 Å². The minimum Gasteiger partial charge on any atom is -0.481 e. The molecule has 0 spiro atoms. The Morgan fingerprint density at radius 2 is 1.90 bits per heavy atom. The van der Waals surface area contributed by atoms with E-state index in [-0.39, 0.29) is 6.42 Å². The Morgan fingerprint density at radius 3 is 2.60 bits per heavy atom. The van der Waals surface area contributed by atoms with Crippen molar-refractivity contribution in [3.8, 4) is 0 Å². The van der Waals surface area contributed by atoms with Crippen molar-refractivity contribution in [2.45, 2.75) is 51.9 Å². The second-order valence-corrected chi connectivity index (χ2v) is 5.85. The molecule has 3 rings (SSSR count). The standard InChI is InChI=1S/C17H21NO2/c1-11-14(7-8-17(19)20)15-9-12-5-3-2-4-6-13(12)10-16(15)18-11/h9-10,18H,2-8H2,1H3,(H,19,20). The van der Waals surface area contributed by atoms with Crippen LogP contribution in [0.25, 0.3) is 10.9 Å². The lowest BCUT2D eigenvalue weighted by Crippen LogP contribution is -1.98. The van der Waals surface area contributed by atoms with Gasteiger partial charge in [-0.1, -0.05) is 6.42 Å². The molecule has 3 nitrogen and oxygen atoms in total. The Balaban J connectivity index is 2.05. The predicted molar refractivity (Wildman–Crippen MR) is 80.3 cm³/mol. The molecule has 0 bridgehead atoms. The van der Waals surface area contributed by atoms with E-state index in [0.717, 1.165) is 12.1 Å². The Hall–Kier alpha value is -1.77. The van der Waals surface area contributed by atoms with Gasteiger partial charge in [0.2, 0.25) is 0 Å². The Morgan fingerprint density at radius 1 is 1.20 bits per heavy atom. The molecule has 0 fully saturated rings. The van der Waals surface area contributed by atoms with Crippen molar-refractivity contribution in [3.05, 3.63) is 34.5 Å². The number of nitrogens with one attached hydrogen (secondary N) is 1. The van der Waals surface area contributed by atoms with E-state index in [1.54, 1.807) is 0 Å². The average Bonchev–Trinajstić information content (AvgIpc) is 2.58. The van der Waals surface area contributed by atoms with E-state index in [4.69, 9.17) is 5.11 Å². The number of carbonyl (C=O) groups is 1. The molecule has 20 heavy (non-hydrogen) atoms. The highest BCUT2D eigenvalue weighted by molar-refractivity contribution is 5.86. The molecule has 0 saturated carbocycles. The molecule has 0 radical (unpaired) electrons. The quantitative estimate of drug-likeness (QED) is 0.835.